The molecule has 108 valence electrons. The van der Waals surface area contributed by atoms with E-state index < -0.39 is 11.9 Å². The minimum Gasteiger partial charge on any atom is -0.312 e. The molecule has 0 atom stereocenters. The normalized spacial score (nSPS) is 11.8. The van der Waals surface area contributed by atoms with Crippen molar-refractivity contribution >= 4 is 11.3 Å². The molecule has 0 aromatic carbocycles. The number of halogens is 3. The summed E-state index contributed by atoms with van der Waals surface area (Å²) in [6.45, 7) is 4.36. The van der Waals surface area contributed by atoms with Gasteiger partial charge in [0.05, 0.1) is 4.88 Å². The molecule has 0 amide bonds. The van der Waals surface area contributed by atoms with E-state index in [1.165, 1.54) is 0 Å². The number of rotatable bonds is 4. The van der Waals surface area contributed by atoms with Gasteiger partial charge in [-0.05, 0) is 19.0 Å². The molecular formula is C12H13F3N4S. The molecule has 0 radical (unpaired) electrons. The van der Waals surface area contributed by atoms with Gasteiger partial charge in [-0.1, -0.05) is 6.92 Å². The Morgan fingerprint density at radius 2 is 1.90 bits per heavy atom. The van der Waals surface area contributed by atoms with Gasteiger partial charge in [0.2, 0.25) is 0 Å². The quantitative estimate of drug-likeness (QED) is 0.943. The van der Waals surface area contributed by atoms with E-state index >= 15 is 0 Å². The Morgan fingerprint density at radius 3 is 2.45 bits per heavy atom. The average molecular weight is 302 g/mol. The highest BCUT2D eigenvalue weighted by Gasteiger charge is 2.37. The van der Waals surface area contributed by atoms with Gasteiger partial charge in [-0.15, -0.1) is 11.3 Å². The fraction of sp³-hybridized carbons (Fsp3) is 0.417. The summed E-state index contributed by atoms with van der Waals surface area (Å²) in [6, 6.07) is 0. The van der Waals surface area contributed by atoms with Gasteiger partial charge in [0.15, 0.2) is 16.5 Å². The van der Waals surface area contributed by atoms with Gasteiger partial charge in [0.25, 0.3) is 0 Å². The molecule has 0 bridgehead atoms. The topological polar surface area (TPSA) is 50.7 Å². The highest BCUT2D eigenvalue weighted by molar-refractivity contribution is 7.15. The maximum atomic E-state index is 12.9. The summed E-state index contributed by atoms with van der Waals surface area (Å²) in [5.41, 5.74) is -0.0168. The number of nitrogens with one attached hydrogen (secondary N) is 1. The molecule has 2 aromatic heterocycles. The summed E-state index contributed by atoms with van der Waals surface area (Å²) in [4.78, 5) is 11.8. The highest BCUT2D eigenvalue weighted by Crippen LogP contribution is 2.36. The van der Waals surface area contributed by atoms with E-state index in [0.29, 0.717) is 6.54 Å². The molecule has 2 heterocycles. The number of thiazole rings is 1. The van der Waals surface area contributed by atoms with Crippen LogP contribution in [0.5, 0.6) is 0 Å². The van der Waals surface area contributed by atoms with Crippen molar-refractivity contribution in [3.05, 3.63) is 28.5 Å². The molecule has 20 heavy (non-hydrogen) atoms. The lowest BCUT2D eigenvalue weighted by atomic mass is 10.3. The van der Waals surface area contributed by atoms with Crippen LogP contribution in [0.25, 0.3) is 10.8 Å². The summed E-state index contributed by atoms with van der Waals surface area (Å²) in [5.74, 6) is 0.217. The van der Waals surface area contributed by atoms with E-state index in [2.05, 4.69) is 20.3 Å². The fourth-order valence-corrected chi connectivity index (χ4v) is 2.53. The van der Waals surface area contributed by atoms with Crippen LogP contribution in [0.2, 0.25) is 0 Å². The van der Waals surface area contributed by atoms with Gasteiger partial charge < -0.3 is 5.32 Å². The summed E-state index contributed by atoms with van der Waals surface area (Å²) < 4.78 is 38.8. The third-order valence-corrected chi connectivity index (χ3v) is 3.52. The van der Waals surface area contributed by atoms with E-state index in [0.717, 1.165) is 16.9 Å². The van der Waals surface area contributed by atoms with Crippen LogP contribution in [0.15, 0.2) is 12.4 Å². The zero-order chi connectivity index (χ0) is 14.8. The first kappa shape index (κ1) is 14.9. The Balaban J connectivity index is 2.40. The van der Waals surface area contributed by atoms with Crippen LogP contribution in [0.1, 0.15) is 23.1 Å². The monoisotopic (exact) mass is 302 g/mol. The fourth-order valence-electron chi connectivity index (χ4n) is 1.53. The summed E-state index contributed by atoms with van der Waals surface area (Å²) in [7, 11) is 0. The van der Waals surface area contributed by atoms with Crippen molar-refractivity contribution in [3.8, 4) is 10.8 Å². The molecule has 0 saturated carbocycles. The van der Waals surface area contributed by atoms with Gasteiger partial charge in [-0.3, -0.25) is 0 Å². The van der Waals surface area contributed by atoms with Crippen molar-refractivity contribution in [3.63, 3.8) is 0 Å². The van der Waals surface area contributed by atoms with Gasteiger partial charge in [0.1, 0.15) is 0 Å². The predicted octanol–water partition coefficient (Wildman–Crippen LogP) is 3.04. The molecule has 8 heteroatoms. The molecule has 2 rings (SSSR count). The third-order valence-electron chi connectivity index (χ3n) is 2.47. The second-order valence-electron chi connectivity index (χ2n) is 4.15. The van der Waals surface area contributed by atoms with Crippen LogP contribution in [0.3, 0.4) is 0 Å². The molecule has 0 aliphatic rings. The summed E-state index contributed by atoms with van der Waals surface area (Å²) in [6.07, 6.45) is -1.36. The number of nitrogens with zero attached hydrogens (tertiary/aromatic N) is 3. The van der Waals surface area contributed by atoms with Gasteiger partial charge in [-0.25, -0.2) is 15.0 Å². The second kappa shape index (κ2) is 5.84. The Hall–Kier alpha value is -1.54. The second-order valence-corrected chi connectivity index (χ2v) is 5.24. The Kier molecular flexibility index (Phi) is 4.34. The summed E-state index contributed by atoms with van der Waals surface area (Å²) >= 11 is 0.967. The molecule has 0 aliphatic heterocycles. The Bertz CT molecular complexity index is 577. The van der Waals surface area contributed by atoms with Crippen molar-refractivity contribution in [1.82, 2.24) is 20.3 Å². The van der Waals surface area contributed by atoms with Gasteiger partial charge in [-0.2, -0.15) is 13.2 Å². The Morgan fingerprint density at radius 1 is 1.25 bits per heavy atom. The maximum absolute atomic E-state index is 12.9. The van der Waals surface area contributed by atoms with Crippen LogP contribution >= 0.6 is 11.3 Å². The van der Waals surface area contributed by atoms with Crippen molar-refractivity contribution in [2.24, 2.45) is 0 Å². The molecule has 2 aromatic rings. The number of aryl methyl sites for hydroxylation is 1. The van der Waals surface area contributed by atoms with E-state index in [1.807, 2.05) is 13.8 Å². The largest absolute Gasteiger partial charge is 0.434 e. The first-order chi connectivity index (χ1) is 9.41. The number of hydrogen-bond acceptors (Lipinski definition) is 5. The van der Waals surface area contributed by atoms with Crippen molar-refractivity contribution in [2.45, 2.75) is 26.6 Å². The third kappa shape index (κ3) is 3.31. The first-order valence-electron chi connectivity index (χ1n) is 5.98. The van der Waals surface area contributed by atoms with E-state index in [1.54, 1.807) is 12.4 Å². The molecular weight excluding hydrogens is 289 g/mol. The molecule has 1 N–H and O–H groups in total. The Labute approximate surface area is 118 Å². The predicted molar refractivity (Wildman–Crippen MR) is 70.3 cm³/mol. The standard InChI is InChI=1S/C12H13F3N4S/c1-3-16-6-8-9(12(13,14)15)19-11(20-8)10-17-4-7(2)5-18-10/h4-5,16H,3,6H2,1-2H3. The average Bonchev–Trinajstić information content (AvgIpc) is 2.81. The smallest absolute Gasteiger partial charge is 0.312 e. The minimum atomic E-state index is -4.47. The highest BCUT2D eigenvalue weighted by atomic mass is 32.1. The molecule has 0 aliphatic carbocycles. The molecule has 4 nitrogen and oxygen atoms in total. The van der Waals surface area contributed by atoms with Gasteiger partial charge >= 0.3 is 6.18 Å². The van der Waals surface area contributed by atoms with Gasteiger partial charge in [0, 0.05) is 18.9 Å². The van der Waals surface area contributed by atoms with E-state index in [4.69, 9.17) is 0 Å². The molecule has 0 unspecified atom stereocenters. The zero-order valence-electron chi connectivity index (χ0n) is 11.0. The number of alkyl halides is 3. The van der Waals surface area contributed by atoms with Crippen molar-refractivity contribution < 1.29 is 13.2 Å². The van der Waals surface area contributed by atoms with Crippen LogP contribution in [-0.2, 0) is 12.7 Å². The van der Waals surface area contributed by atoms with E-state index in [9.17, 15) is 13.2 Å². The lowest BCUT2D eigenvalue weighted by molar-refractivity contribution is -0.141. The first-order valence-corrected chi connectivity index (χ1v) is 6.80. The van der Waals surface area contributed by atoms with E-state index in [-0.39, 0.29) is 22.3 Å². The van der Waals surface area contributed by atoms with Crippen LogP contribution in [-0.4, -0.2) is 21.5 Å². The lowest BCUT2D eigenvalue weighted by Gasteiger charge is -2.05. The van der Waals surface area contributed by atoms with Crippen LogP contribution in [0.4, 0.5) is 13.2 Å². The van der Waals surface area contributed by atoms with Crippen molar-refractivity contribution in [2.75, 3.05) is 6.54 Å². The van der Waals surface area contributed by atoms with Crippen LogP contribution < -0.4 is 5.32 Å². The molecule has 0 saturated heterocycles. The zero-order valence-corrected chi connectivity index (χ0v) is 11.8. The maximum Gasteiger partial charge on any atom is 0.434 e. The lowest BCUT2D eigenvalue weighted by Crippen LogP contribution is -2.15. The number of aromatic nitrogens is 3. The number of hydrogen-bond donors (Lipinski definition) is 1. The molecule has 0 fully saturated rings. The van der Waals surface area contributed by atoms with Crippen molar-refractivity contribution in [1.29, 1.82) is 0 Å². The minimum absolute atomic E-state index is 0.134. The SMILES string of the molecule is CCNCc1sc(-c2ncc(C)cn2)nc1C(F)(F)F. The van der Waals surface area contributed by atoms with Crippen LogP contribution in [0, 0.1) is 6.92 Å². The molecule has 0 spiro atoms. The summed E-state index contributed by atoms with van der Waals surface area (Å²) in [5, 5.41) is 3.07.